The Kier molecular flexibility index (Phi) is 4.19. The van der Waals surface area contributed by atoms with Crippen LogP contribution in [0.5, 0.6) is 5.75 Å². The Morgan fingerprint density at radius 1 is 1.21 bits per heavy atom. The highest BCUT2D eigenvalue weighted by Gasteiger charge is 2.18. The number of anilines is 2. The van der Waals surface area contributed by atoms with E-state index < -0.39 is 4.92 Å². The van der Waals surface area contributed by atoms with Crippen molar-refractivity contribution in [1.82, 2.24) is 9.97 Å². The van der Waals surface area contributed by atoms with Crippen molar-refractivity contribution in [1.29, 1.82) is 0 Å². The maximum atomic E-state index is 11.1. The summed E-state index contributed by atoms with van der Waals surface area (Å²) in [6.07, 6.45) is 0. The lowest BCUT2D eigenvalue weighted by Gasteiger charge is -2.18. The number of thiazole rings is 1. The van der Waals surface area contributed by atoms with Crippen LogP contribution in [0.1, 0.15) is 26.3 Å². The quantitative estimate of drug-likeness (QED) is 0.363. The Bertz CT molecular complexity index is 1210. The van der Waals surface area contributed by atoms with Crippen molar-refractivity contribution in [3.63, 3.8) is 0 Å². The van der Waals surface area contributed by atoms with E-state index in [1.54, 1.807) is 0 Å². The summed E-state index contributed by atoms with van der Waals surface area (Å²) in [6.45, 7) is 6.42. The zero-order valence-corrected chi connectivity index (χ0v) is 16.6. The van der Waals surface area contributed by atoms with Gasteiger partial charge in [0, 0.05) is 6.07 Å². The number of nitro groups is 1. The molecule has 8 nitrogen and oxygen atoms in total. The lowest BCUT2D eigenvalue weighted by atomic mass is 9.87. The van der Waals surface area contributed by atoms with Crippen LogP contribution in [0.15, 0.2) is 34.7 Å². The number of fused-ring (bicyclic) bond motifs is 2. The van der Waals surface area contributed by atoms with Gasteiger partial charge in [0.05, 0.1) is 22.8 Å². The van der Waals surface area contributed by atoms with Gasteiger partial charge in [-0.3, -0.25) is 15.4 Å². The number of nitro benzene ring substituents is 1. The number of aromatic nitrogens is 2. The predicted molar refractivity (Wildman–Crippen MR) is 109 cm³/mol. The highest BCUT2D eigenvalue weighted by Crippen LogP contribution is 2.37. The number of non-ortho nitro benzene ring substituents is 1. The van der Waals surface area contributed by atoms with Crippen LogP contribution in [-0.2, 0) is 5.41 Å². The highest BCUT2D eigenvalue weighted by molar-refractivity contribution is 7.22. The molecule has 0 aliphatic carbocycles. The van der Waals surface area contributed by atoms with Crippen LogP contribution in [0, 0.1) is 10.1 Å². The van der Waals surface area contributed by atoms with Gasteiger partial charge in [-0.15, -0.1) is 0 Å². The molecule has 0 unspecified atom stereocenters. The summed E-state index contributed by atoms with van der Waals surface area (Å²) >= 11 is 1.26. The average Bonchev–Trinajstić information content (AvgIpc) is 3.21. The number of oxazole rings is 1. The first-order chi connectivity index (χ1) is 13.2. The molecular formula is C19H18N4O4S. The molecule has 144 valence electrons. The minimum atomic E-state index is -0.456. The Morgan fingerprint density at radius 3 is 2.68 bits per heavy atom. The SMILES string of the molecule is COc1cc([N+](=O)[O-])cc2sc(Nc3nc4cc(C(C)(C)C)ccc4o3)nc12. The van der Waals surface area contributed by atoms with Gasteiger partial charge in [0.25, 0.3) is 5.69 Å². The van der Waals surface area contributed by atoms with Crippen molar-refractivity contribution in [3.8, 4) is 5.75 Å². The van der Waals surface area contributed by atoms with E-state index in [1.165, 1.54) is 30.6 Å². The first-order valence-electron chi connectivity index (χ1n) is 8.55. The number of hydrogen-bond donors (Lipinski definition) is 1. The molecule has 28 heavy (non-hydrogen) atoms. The van der Waals surface area contributed by atoms with E-state index in [4.69, 9.17) is 9.15 Å². The second-order valence-electron chi connectivity index (χ2n) is 7.35. The molecule has 0 amide bonds. The molecule has 2 aromatic carbocycles. The van der Waals surface area contributed by atoms with Crippen LogP contribution in [-0.4, -0.2) is 22.0 Å². The molecule has 0 atom stereocenters. The van der Waals surface area contributed by atoms with Crippen molar-refractivity contribution < 1.29 is 14.1 Å². The zero-order valence-electron chi connectivity index (χ0n) is 15.8. The van der Waals surface area contributed by atoms with Crippen LogP contribution in [0.4, 0.5) is 16.8 Å². The minimum absolute atomic E-state index is 0.0129. The van der Waals surface area contributed by atoms with E-state index in [1.807, 2.05) is 18.2 Å². The fourth-order valence-electron chi connectivity index (χ4n) is 2.84. The van der Waals surface area contributed by atoms with Gasteiger partial charge in [0.2, 0.25) is 0 Å². The van der Waals surface area contributed by atoms with Crippen LogP contribution in [0.25, 0.3) is 21.3 Å². The summed E-state index contributed by atoms with van der Waals surface area (Å²) in [6, 6.07) is 9.09. The molecule has 9 heteroatoms. The molecular weight excluding hydrogens is 380 g/mol. The molecule has 0 spiro atoms. The van der Waals surface area contributed by atoms with E-state index in [2.05, 4.69) is 36.1 Å². The molecule has 2 heterocycles. The molecule has 0 radical (unpaired) electrons. The van der Waals surface area contributed by atoms with Crippen molar-refractivity contribution in [2.24, 2.45) is 0 Å². The van der Waals surface area contributed by atoms with Crippen LogP contribution >= 0.6 is 11.3 Å². The van der Waals surface area contributed by atoms with Gasteiger partial charge >= 0.3 is 6.01 Å². The summed E-state index contributed by atoms with van der Waals surface area (Å²) in [5.41, 5.74) is 3.10. The van der Waals surface area contributed by atoms with Gasteiger partial charge in [-0.2, -0.15) is 4.98 Å². The Labute approximate surface area is 164 Å². The van der Waals surface area contributed by atoms with Crippen molar-refractivity contribution >= 4 is 49.5 Å². The first kappa shape index (κ1) is 18.2. The fourth-order valence-corrected chi connectivity index (χ4v) is 3.74. The molecule has 4 rings (SSSR count). The number of hydrogen-bond acceptors (Lipinski definition) is 8. The third-order valence-electron chi connectivity index (χ3n) is 4.34. The number of methoxy groups -OCH3 is 1. The van der Waals surface area contributed by atoms with Crippen LogP contribution in [0.3, 0.4) is 0 Å². The Hall–Kier alpha value is -3.20. The number of nitrogens with zero attached hydrogens (tertiary/aromatic N) is 3. The van der Waals surface area contributed by atoms with Crippen LogP contribution < -0.4 is 10.1 Å². The summed E-state index contributed by atoms with van der Waals surface area (Å²) in [5.74, 6) is 0.348. The number of ether oxygens (including phenoxy) is 1. The van der Waals surface area contributed by atoms with E-state index >= 15 is 0 Å². The second kappa shape index (κ2) is 6.45. The molecule has 0 saturated heterocycles. The maximum absolute atomic E-state index is 11.1. The van der Waals surface area contributed by atoms with Crippen molar-refractivity contribution in [2.45, 2.75) is 26.2 Å². The second-order valence-corrected chi connectivity index (χ2v) is 8.38. The topological polar surface area (TPSA) is 103 Å². The van der Waals surface area contributed by atoms with E-state index in [-0.39, 0.29) is 11.1 Å². The monoisotopic (exact) mass is 398 g/mol. The van der Waals surface area contributed by atoms with E-state index in [0.717, 1.165) is 11.1 Å². The smallest absolute Gasteiger partial charge is 0.302 e. The Morgan fingerprint density at radius 2 is 2.00 bits per heavy atom. The lowest BCUT2D eigenvalue weighted by molar-refractivity contribution is -0.384. The van der Waals surface area contributed by atoms with Gasteiger partial charge in [0.15, 0.2) is 16.5 Å². The van der Waals surface area contributed by atoms with E-state index in [0.29, 0.717) is 32.7 Å². The lowest BCUT2D eigenvalue weighted by Crippen LogP contribution is -2.10. The zero-order chi connectivity index (χ0) is 20.1. The summed E-state index contributed by atoms with van der Waals surface area (Å²) in [5, 5.41) is 14.7. The van der Waals surface area contributed by atoms with Gasteiger partial charge in [0.1, 0.15) is 11.0 Å². The minimum Gasteiger partial charge on any atom is -0.494 e. The highest BCUT2D eigenvalue weighted by atomic mass is 32.1. The van der Waals surface area contributed by atoms with Crippen LogP contribution in [0.2, 0.25) is 0 Å². The molecule has 0 aliphatic heterocycles. The fraction of sp³-hybridized carbons (Fsp3) is 0.263. The molecule has 2 aromatic heterocycles. The Balaban J connectivity index is 1.70. The van der Waals surface area contributed by atoms with Gasteiger partial charge < -0.3 is 9.15 Å². The third kappa shape index (κ3) is 3.24. The standard InChI is InChI=1S/C19H18N4O4S/c1-19(2,3)10-5-6-13-12(7-10)20-17(27-13)22-18-21-16-14(26-4)8-11(23(24)25)9-15(16)28-18/h5-9H,1-4H3,(H,20,21,22). The van der Waals surface area contributed by atoms with Gasteiger partial charge in [-0.1, -0.05) is 38.2 Å². The molecule has 0 fully saturated rings. The first-order valence-corrected chi connectivity index (χ1v) is 9.37. The van der Waals surface area contributed by atoms with Crippen molar-refractivity contribution in [2.75, 3.05) is 12.4 Å². The van der Waals surface area contributed by atoms with E-state index in [9.17, 15) is 10.1 Å². The van der Waals surface area contributed by atoms with Crippen molar-refractivity contribution in [3.05, 3.63) is 46.0 Å². The third-order valence-corrected chi connectivity index (χ3v) is 5.26. The normalized spacial score (nSPS) is 11.9. The summed E-state index contributed by atoms with van der Waals surface area (Å²) < 4.78 is 11.6. The molecule has 1 N–H and O–H groups in total. The number of rotatable bonds is 4. The molecule has 0 saturated carbocycles. The van der Waals surface area contributed by atoms with Gasteiger partial charge in [-0.05, 0) is 23.1 Å². The van der Waals surface area contributed by atoms with Gasteiger partial charge in [-0.25, -0.2) is 4.98 Å². The average molecular weight is 398 g/mol. The largest absolute Gasteiger partial charge is 0.494 e. The molecule has 0 aliphatic rings. The number of nitrogens with one attached hydrogen (secondary N) is 1. The maximum Gasteiger partial charge on any atom is 0.302 e. The summed E-state index contributed by atoms with van der Waals surface area (Å²) in [7, 11) is 1.46. The molecule has 4 aromatic rings. The number of benzene rings is 2. The molecule has 0 bridgehead atoms. The summed E-state index contributed by atoms with van der Waals surface area (Å²) in [4.78, 5) is 19.6. The predicted octanol–water partition coefficient (Wildman–Crippen LogP) is 5.40.